The molecule has 0 aliphatic heterocycles. The van der Waals surface area contributed by atoms with Gasteiger partial charge in [-0.25, -0.2) is 38.4 Å². The number of benzene rings is 4. The lowest BCUT2D eigenvalue weighted by atomic mass is 9.85. The van der Waals surface area contributed by atoms with Crippen molar-refractivity contribution < 1.29 is 141 Å². The number of hydrogen-bond acceptors (Lipinski definition) is 10. The third kappa shape index (κ3) is 16.2. The number of rotatable bonds is 4. The Kier molecular flexibility index (Phi) is 22.6. The maximum absolute atomic E-state index is 13.2. The number of carboxylic acids is 4. The fourth-order valence-electron chi connectivity index (χ4n) is 8.06. The second-order valence-electron chi connectivity index (χ2n) is 16.9. The Balaban J connectivity index is 0.000000387. The largest absolute Gasteiger partial charge is 0.478 e. The minimum Gasteiger partial charge on any atom is -0.478 e. The zero-order valence-corrected chi connectivity index (χ0v) is 48.9. The van der Waals surface area contributed by atoms with Crippen molar-refractivity contribution in [3.63, 3.8) is 0 Å². The van der Waals surface area contributed by atoms with Gasteiger partial charge in [0.2, 0.25) is 0 Å². The smallest absolute Gasteiger partial charge is 0.441 e. The third-order valence-corrected chi connectivity index (χ3v) is 15.0. The van der Waals surface area contributed by atoms with Crippen molar-refractivity contribution in [2.45, 2.75) is 96.6 Å². The number of furan rings is 2. The van der Waals surface area contributed by atoms with Gasteiger partial charge in [-0.05, 0) is 145 Å². The fraction of sp³-hybridized carbons (Fsp3) is 0.319. The number of carbonyl (C=O) groups is 4. The van der Waals surface area contributed by atoms with Gasteiger partial charge in [-0.1, -0.05) is 0 Å². The summed E-state index contributed by atoms with van der Waals surface area (Å²) in [5, 5.41) is 28.2. The number of hydrogen-bond donors (Lipinski definition) is 4. The van der Waals surface area contributed by atoms with Gasteiger partial charge in [0, 0.05) is 29.7 Å². The molecule has 0 atom stereocenters. The van der Waals surface area contributed by atoms with Gasteiger partial charge in [-0.15, -0.1) is 0 Å². The number of alkyl halides is 22. The van der Waals surface area contributed by atoms with Crippen molar-refractivity contribution in [3.05, 3.63) is 149 Å². The molecule has 85 heavy (non-hydrogen) atoms. The predicted octanol–water partition coefficient (Wildman–Crippen LogP) is 15.1. The molecule has 0 amide bonds. The molecule has 6 aromatic rings. The summed E-state index contributed by atoms with van der Waals surface area (Å²) in [6, 6.07) is 0. The number of carboxylic acid groups (broad SMARTS) is 4. The molecule has 0 spiro atoms. The van der Waals surface area contributed by atoms with Crippen LogP contribution in [-0.2, 0) is 37.1 Å². The van der Waals surface area contributed by atoms with Gasteiger partial charge in [0.05, 0.1) is 77.2 Å². The molecule has 0 saturated heterocycles. The van der Waals surface area contributed by atoms with E-state index in [9.17, 15) is 131 Å². The van der Waals surface area contributed by atoms with E-state index < -0.39 is 165 Å². The van der Waals surface area contributed by atoms with Crippen molar-refractivity contribution in [2.75, 3.05) is 0 Å². The van der Waals surface area contributed by atoms with Crippen molar-refractivity contribution in [1.82, 2.24) is 0 Å². The lowest BCUT2D eigenvalue weighted by Crippen LogP contribution is -2.30. The zero-order chi connectivity index (χ0) is 67.4. The molecule has 0 fully saturated rings. The van der Waals surface area contributed by atoms with Gasteiger partial charge in [-0.2, -0.15) is 92.2 Å². The van der Waals surface area contributed by atoms with Crippen LogP contribution in [0.5, 0.6) is 0 Å². The van der Waals surface area contributed by atoms with Crippen LogP contribution >= 0.6 is 67.8 Å². The van der Waals surface area contributed by atoms with Crippen molar-refractivity contribution in [3.8, 4) is 0 Å². The van der Waals surface area contributed by atoms with Gasteiger partial charge < -0.3 is 29.3 Å². The Labute approximate surface area is 496 Å². The minimum absolute atomic E-state index is 0.363. The van der Waals surface area contributed by atoms with E-state index in [4.69, 9.17) is 20.4 Å². The van der Waals surface area contributed by atoms with E-state index in [-0.39, 0.29) is 22.3 Å². The first-order valence-corrected chi connectivity index (χ1v) is 24.6. The fourth-order valence-corrected chi connectivity index (χ4v) is 9.68. The quantitative estimate of drug-likeness (QED) is 0.0729. The van der Waals surface area contributed by atoms with E-state index in [0.29, 0.717) is 22.6 Å². The maximum atomic E-state index is 13.2. The zero-order valence-electron chi connectivity index (χ0n) is 42.4. The summed E-state index contributed by atoms with van der Waals surface area (Å²) >= 11 is 5.24. The Hall–Kier alpha value is -6.24. The molecule has 0 saturated carbocycles. The van der Waals surface area contributed by atoms with Gasteiger partial charge in [0.15, 0.2) is 0 Å². The van der Waals surface area contributed by atoms with Gasteiger partial charge in [-0.3, -0.25) is 0 Å². The van der Waals surface area contributed by atoms with Crippen LogP contribution in [-0.4, -0.2) is 48.5 Å². The molecule has 0 aliphatic rings. The molecule has 6 rings (SSSR count). The van der Waals surface area contributed by atoms with Crippen LogP contribution < -0.4 is 22.5 Å². The van der Waals surface area contributed by atoms with E-state index in [2.05, 4.69) is 81.7 Å². The Morgan fingerprint density at radius 1 is 0.306 bits per heavy atom. The van der Waals surface area contributed by atoms with Crippen molar-refractivity contribution in [2.24, 2.45) is 0 Å². The monoisotopic (exact) mass is 1600 g/mol. The van der Waals surface area contributed by atoms with Crippen LogP contribution in [0.3, 0.4) is 0 Å². The molecule has 0 aliphatic carbocycles. The van der Waals surface area contributed by atoms with E-state index in [1.54, 1.807) is 0 Å². The standard InChI is InChI=1S/C12H4F6O8.C12F6O6.C12H12F6.C10H12I2.CF3I/c13-11(14,15)5-1(7(19)20)2(8(21)22)6(12(16,17)18)4(10(25)26)3(5)9(23)24;13-11(14,15)5-1-2(8(20)23-7(1)19)6(12(16,17)18)4-3(5)9(21)24-10(4)22;1-5-6(2)10(12(16,17)18)8(4)7(3)9(5)11(13,14)15;1-5-6(2)10(12)8(4)7(3)9(5)11;2-1(3,4)5/h(H,19,20)(H,21,22)(H,23,24)(H,25,26);;1-4H3;1-4H3;. The molecule has 0 bridgehead atoms. The first-order valence-electron chi connectivity index (χ1n) is 21.4. The van der Waals surface area contributed by atoms with Crippen LogP contribution in [0.4, 0.5) is 92.2 Å². The minimum atomic E-state index is -6.00. The summed E-state index contributed by atoms with van der Waals surface area (Å²) in [5.74, 6) is -11.4. The van der Waals surface area contributed by atoms with Crippen LogP contribution in [0, 0.1) is 62.5 Å². The molecule has 468 valence electrons. The van der Waals surface area contributed by atoms with E-state index in [0.717, 1.165) is 27.7 Å². The number of fused-ring (bicyclic) bond motifs is 2. The molecular formula is C47H28F21I3O14. The summed E-state index contributed by atoms with van der Waals surface area (Å²) in [4.78, 5) is 90.1. The summed E-state index contributed by atoms with van der Waals surface area (Å²) in [6.45, 7) is 13.1. The first kappa shape index (κ1) is 74.9. The molecule has 2 aromatic heterocycles. The van der Waals surface area contributed by atoms with E-state index in [1.807, 2.05) is 0 Å². The highest BCUT2D eigenvalue weighted by Gasteiger charge is 2.52. The lowest BCUT2D eigenvalue weighted by molar-refractivity contribution is -0.142. The van der Waals surface area contributed by atoms with Crippen LogP contribution in [0.2, 0.25) is 0 Å². The number of aromatic carboxylic acids is 4. The predicted molar refractivity (Wildman–Crippen MR) is 274 cm³/mol. The van der Waals surface area contributed by atoms with E-state index >= 15 is 0 Å². The highest BCUT2D eigenvalue weighted by Crippen LogP contribution is 2.47. The second-order valence-corrected chi connectivity index (χ2v) is 20.2. The molecule has 2 heterocycles. The highest BCUT2D eigenvalue weighted by molar-refractivity contribution is 14.1. The van der Waals surface area contributed by atoms with Gasteiger partial charge in [0.25, 0.3) is 0 Å². The molecule has 0 unspecified atom stereocenters. The summed E-state index contributed by atoms with van der Waals surface area (Å²) < 4.78 is 273. The van der Waals surface area contributed by atoms with Gasteiger partial charge >= 0.3 is 87.6 Å². The molecule has 0 radical (unpaired) electrons. The summed E-state index contributed by atoms with van der Waals surface area (Å²) in [6.07, 6.45) is -32.4. The van der Waals surface area contributed by atoms with Crippen LogP contribution in [0.15, 0.2) is 28.0 Å². The lowest BCUT2D eigenvalue weighted by Gasteiger charge is -2.23. The summed E-state index contributed by atoms with van der Waals surface area (Å²) in [7, 11) is 0. The topological polar surface area (TPSA) is 244 Å². The molecule has 4 aromatic carbocycles. The first-order chi connectivity index (χ1) is 37.7. The molecule has 14 nitrogen and oxygen atoms in total. The van der Waals surface area contributed by atoms with Crippen LogP contribution in [0.1, 0.15) is 119 Å². The molecule has 38 heteroatoms. The van der Waals surface area contributed by atoms with Crippen molar-refractivity contribution >= 4 is 113 Å². The normalized spacial score (nSPS) is 12.3. The highest BCUT2D eigenvalue weighted by atomic mass is 127. The number of halogens is 24. The Bertz CT molecular complexity index is 3430. The Morgan fingerprint density at radius 2 is 0.447 bits per heavy atom. The maximum Gasteiger partial charge on any atom is 0.441 e. The second kappa shape index (κ2) is 25.6. The molecular weight excluding hydrogens is 1570 g/mol. The summed E-state index contributed by atoms with van der Waals surface area (Å²) in [5.41, 5.74) is -25.9. The van der Waals surface area contributed by atoms with E-state index in [1.165, 1.54) is 29.4 Å². The average molecular weight is 1600 g/mol. The average Bonchev–Trinajstić information content (AvgIpc) is 1.86. The van der Waals surface area contributed by atoms with Gasteiger partial charge in [0.1, 0.15) is 0 Å². The van der Waals surface area contributed by atoms with Crippen molar-refractivity contribution in [1.29, 1.82) is 0 Å². The SMILES string of the molecule is Cc1c(C)c(C(F)(F)F)c(C)c(C)c1C(F)(F)F.Cc1c(C)c(I)c(C)c(C)c1I.FC(F)(F)I.O=C(O)c1c(C(=O)O)c(C(F)(F)F)c(C(=O)O)c(C(=O)O)c1C(F)(F)F.O=c1oc(=O)c2c(C(F)(F)F)c3c(=O)oc(=O)c3c(C(F)(F)F)c12. The molecule has 4 N–H and O–H groups in total. The van der Waals surface area contributed by atoms with Crippen LogP contribution in [0.25, 0.3) is 21.5 Å². The Morgan fingerprint density at radius 3 is 0.565 bits per heavy atom. The third-order valence-electron chi connectivity index (χ3n) is 11.8.